The Morgan fingerprint density at radius 3 is 2.71 bits per heavy atom. The van der Waals surface area contributed by atoms with Gasteiger partial charge in [-0.2, -0.15) is 18.2 Å². The van der Waals surface area contributed by atoms with Crippen LogP contribution in [0.15, 0.2) is 24.4 Å². The Balaban J connectivity index is 1.78. The molecule has 2 heterocycles. The Kier molecular flexibility index (Phi) is 6.36. The summed E-state index contributed by atoms with van der Waals surface area (Å²) in [5, 5.41) is 5.56. The first-order valence-corrected chi connectivity index (χ1v) is 11.1. The average molecular weight is 458 g/mol. The van der Waals surface area contributed by atoms with E-state index in [1.165, 1.54) is 11.9 Å². The van der Waals surface area contributed by atoms with Gasteiger partial charge in [-0.25, -0.2) is 18.1 Å². The molecule has 0 saturated heterocycles. The number of halogens is 3. The lowest BCUT2D eigenvalue weighted by Gasteiger charge is -2.22. The Labute approximate surface area is 177 Å². The van der Waals surface area contributed by atoms with Crippen molar-refractivity contribution in [2.24, 2.45) is 0 Å². The zero-order valence-corrected chi connectivity index (χ0v) is 17.6. The molecule has 1 amide bonds. The molecule has 0 fully saturated rings. The predicted octanol–water partition coefficient (Wildman–Crippen LogP) is 2.11. The van der Waals surface area contributed by atoms with Crippen LogP contribution >= 0.6 is 0 Å². The molecule has 3 N–H and O–H groups in total. The van der Waals surface area contributed by atoms with Crippen molar-refractivity contribution >= 4 is 39.1 Å². The van der Waals surface area contributed by atoms with Gasteiger partial charge in [0.05, 0.1) is 12.7 Å². The number of sulfonamides is 1. The summed E-state index contributed by atoms with van der Waals surface area (Å²) in [5.74, 6) is -0.504. The summed E-state index contributed by atoms with van der Waals surface area (Å²) in [6.45, 7) is 0.220. The average Bonchev–Trinajstić information content (AvgIpc) is 3.02. The Hall–Kier alpha value is -2.93. The summed E-state index contributed by atoms with van der Waals surface area (Å²) in [6, 6.07) is 5.05. The SMILES string of the molecule is CN(CCCNS(C)(=O)=O)c1nc(Nc2ccc3c(c2)CC(=O)N3)ncc1C(F)(F)F. The van der Waals surface area contributed by atoms with E-state index in [1.807, 2.05) is 0 Å². The molecule has 2 aromatic rings. The summed E-state index contributed by atoms with van der Waals surface area (Å²) >= 11 is 0. The van der Waals surface area contributed by atoms with Gasteiger partial charge in [0.2, 0.25) is 21.9 Å². The molecule has 0 spiro atoms. The van der Waals surface area contributed by atoms with Crippen LogP contribution in [0, 0.1) is 0 Å². The fraction of sp³-hybridized carbons (Fsp3) is 0.389. The molecule has 13 heteroatoms. The van der Waals surface area contributed by atoms with Crippen molar-refractivity contribution < 1.29 is 26.4 Å². The fourth-order valence-electron chi connectivity index (χ4n) is 3.04. The number of aromatic nitrogens is 2. The predicted molar refractivity (Wildman–Crippen MR) is 110 cm³/mol. The third-order valence-corrected chi connectivity index (χ3v) is 5.19. The minimum absolute atomic E-state index is 0.0404. The van der Waals surface area contributed by atoms with Crippen LogP contribution in [-0.4, -0.2) is 50.7 Å². The molecule has 1 aromatic carbocycles. The van der Waals surface area contributed by atoms with E-state index in [0.717, 1.165) is 11.8 Å². The van der Waals surface area contributed by atoms with Crippen LogP contribution < -0.4 is 20.3 Å². The fourth-order valence-corrected chi connectivity index (χ4v) is 3.55. The molecular formula is C18H21F3N6O3S. The zero-order chi connectivity index (χ0) is 22.8. The van der Waals surface area contributed by atoms with Crippen molar-refractivity contribution in [3.8, 4) is 0 Å². The third kappa shape index (κ3) is 6.04. The number of anilines is 4. The summed E-state index contributed by atoms with van der Waals surface area (Å²) in [6.07, 6.45) is -2.46. The van der Waals surface area contributed by atoms with Gasteiger partial charge in [-0.15, -0.1) is 0 Å². The van der Waals surface area contributed by atoms with Crippen LogP contribution in [0.4, 0.5) is 36.3 Å². The van der Waals surface area contributed by atoms with Crippen LogP contribution in [0.25, 0.3) is 0 Å². The largest absolute Gasteiger partial charge is 0.421 e. The number of carbonyl (C=O) groups is 1. The van der Waals surface area contributed by atoms with Crippen LogP contribution in [0.3, 0.4) is 0 Å². The van der Waals surface area contributed by atoms with E-state index in [-0.39, 0.29) is 43.6 Å². The zero-order valence-electron chi connectivity index (χ0n) is 16.7. The van der Waals surface area contributed by atoms with Crippen LogP contribution in [-0.2, 0) is 27.4 Å². The summed E-state index contributed by atoms with van der Waals surface area (Å²) in [4.78, 5) is 20.6. The number of carbonyl (C=O) groups excluding carboxylic acids is 1. The molecule has 0 unspecified atom stereocenters. The highest BCUT2D eigenvalue weighted by Gasteiger charge is 2.36. The van der Waals surface area contributed by atoms with Gasteiger partial charge in [-0.05, 0) is 30.2 Å². The molecule has 0 saturated carbocycles. The van der Waals surface area contributed by atoms with Crippen molar-refractivity contribution in [2.75, 3.05) is 41.9 Å². The van der Waals surface area contributed by atoms with Crippen LogP contribution in [0.5, 0.6) is 0 Å². The standard InChI is InChI=1S/C18H21F3N6O3S/c1-27(7-3-6-23-31(2,29)30)16-13(18(19,20)21)10-22-17(26-16)24-12-4-5-14-11(8-12)9-15(28)25-14/h4-5,8,10,23H,3,6-7,9H2,1-2H3,(H,25,28)(H,22,24,26). The van der Waals surface area contributed by atoms with Crippen molar-refractivity contribution in [2.45, 2.75) is 19.0 Å². The first kappa shape index (κ1) is 22.7. The maximum Gasteiger partial charge on any atom is 0.421 e. The van der Waals surface area contributed by atoms with Gasteiger partial charge in [-0.3, -0.25) is 4.79 Å². The Morgan fingerprint density at radius 2 is 2.03 bits per heavy atom. The normalized spacial score (nSPS) is 13.6. The van der Waals surface area contributed by atoms with Crippen LogP contribution in [0.1, 0.15) is 17.5 Å². The second-order valence-corrected chi connectivity index (χ2v) is 8.93. The molecule has 1 aliphatic heterocycles. The smallest absolute Gasteiger partial charge is 0.359 e. The topological polar surface area (TPSA) is 116 Å². The van der Waals surface area contributed by atoms with E-state index in [0.29, 0.717) is 17.6 Å². The maximum atomic E-state index is 13.4. The van der Waals surface area contributed by atoms with Gasteiger partial charge in [0.1, 0.15) is 11.4 Å². The van der Waals surface area contributed by atoms with E-state index in [2.05, 4.69) is 25.3 Å². The monoisotopic (exact) mass is 458 g/mol. The second kappa shape index (κ2) is 8.67. The second-order valence-electron chi connectivity index (χ2n) is 7.09. The van der Waals surface area contributed by atoms with E-state index >= 15 is 0 Å². The molecule has 3 rings (SSSR count). The lowest BCUT2D eigenvalue weighted by atomic mass is 10.1. The quantitative estimate of drug-likeness (QED) is 0.519. The van der Waals surface area contributed by atoms with Crippen molar-refractivity contribution in [1.29, 1.82) is 0 Å². The molecule has 0 radical (unpaired) electrons. The molecule has 31 heavy (non-hydrogen) atoms. The third-order valence-electron chi connectivity index (χ3n) is 4.46. The Morgan fingerprint density at radius 1 is 1.29 bits per heavy atom. The number of benzene rings is 1. The van der Waals surface area contributed by atoms with E-state index in [9.17, 15) is 26.4 Å². The number of alkyl halides is 3. The highest BCUT2D eigenvalue weighted by atomic mass is 32.2. The summed E-state index contributed by atoms with van der Waals surface area (Å²) < 4.78 is 64.8. The molecule has 168 valence electrons. The number of hydrogen-bond donors (Lipinski definition) is 3. The van der Waals surface area contributed by atoms with Crippen molar-refractivity contribution in [3.63, 3.8) is 0 Å². The first-order chi connectivity index (χ1) is 14.4. The maximum absolute atomic E-state index is 13.4. The number of amides is 1. The van der Waals surface area contributed by atoms with Gasteiger partial charge < -0.3 is 15.5 Å². The van der Waals surface area contributed by atoms with Crippen molar-refractivity contribution in [3.05, 3.63) is 35.5 Å². The van der Waals surface area contributed by atoms with Gasteiger partial charge in [-0.1, -0.05) is 0 Å². The molecule has 0 bridgehead atoms. The molecule has 0 atom stereocenters. The lowest BCUT2D eigenvalue weighted by Crippen LogP contribution is -2.29. The minimum Gasteiger partial charge on any atom is -0.359 e. The molecule has 1 aliphatic rings. The van der Waals surface area contributed by atoms with Crippen LogP contribution in [0.2, 0.25) is 0 Å². The highest BCUT2D eigenvalue weighted by Crippen LogP contribution is 2.35. The minimum atomic E-state index is -4.66. The van der Waals surface area contributed by atoms with Gasteiger partial charge >= 0.3 is 6.18 Å². The Bertz CT molecular complexity index is 1090. The summed E-state index contributed by atoms with van der Waals surface area (Å²) in [7, 11) is -1.94. The molecule has 9 nitrogen and oxygen atoms in total. The van der Waals surface area contributed by atoms with E-state index in [4.69, 9.17) is 0 Å². The van der Waals surface area contributed by atoms with E-state index in [1.54, 1.807) is 18.2 Å². The first-order valence-electron chi connectivity index (χ1n) is 9.22. The number of fused-ring (bicyclic) bond motifs is 1. The molecule has 0 aliphatic carbocycles. The van der Waals surface area contributed by atoms with Gasteiger partial charge in [0, 0.05) is 37.7 Å². The van der Waals surface area contributed by atoms with Gasteiger partial charge in [0.25, 0.3) is 0 Å². The number of rotatable bonds is 8. The summed E-state index contributed by atoms with van der Waals surface area (Å²) in [5.41, 5.74) is 0.978. The highest BCUT2D eigenvalue weighted by molar-refractivity contribution is 7.88. The lowest BCUT2D eigenvalue weighted by molar-refractivity contribution is -0.137. The van der Waals surface area contributed by atoms with Crippen molar-refractivity contribution in [1.82, 2.24) is 14.7 Å². The number of hydrogen-bond acceptors (Lipinski definition) is 7. The molecular weight excluding hydrogens is 437 g/mol. The van der Waals surface area contributed by atoms with Gasteiger partial charge in [0.15, 0.2) is 0 Å². The van der Waals surface area contributed by atoms with E-state index < -0.39 is 21.8 Å². The molecule has 1 aromatic heterocycles. The number of nitrogens with zero attached hydrogens (tertiary/aromatic N) is 3. The number of nitrogens with one attached hydrogen (secondary N) is 3.